The first-order valence-corrected chi connectivity index (χ1v) is 8.84. The third-order valence-electron chi connectivity index (χ3n) is 4.37. The van der Waals surface area contributed by atoms with E-state index in [2.05, 4.69) is 15.3 Å². The summed E-state index contributed by atoms with van der Waals surface area (Å²) in [5.74, 6) is 0.742. The highest BCUT2D eigenvalue weighted by atomic mass is 16.5. The number of aromatic nitrogens is 2. The quantitative estimate of drug-likeness (QED) is 0.732. The zero-order chi connectivity index (χ0) is 19.4. The molecule has 0 spiro atoms. The van der Waals surface area contributed by atoms with Crippen molar-refractivity contribution < 1.29 is 9.53 Å². The summed E-state index contributed by atoms with van der Waals surface area (Å²) in [5.41, 5.74) is 5.83. The SMILES string of the molecule is Cc1ccc(-c2nc(C)cc(OCC(=O)Nc3cccc(C)c3C)n2)cc1. The summed E-state index contributed by atoms with van der Waals surface area (Å²) in [4.78, 5) is 21.1. The first kappa shape index (κ1) is 18.6. The molecule has 0 fully saturated rings. The molecule has 1 aromatic heterocycles. The second-order valence-electron chi connectivity index (χ2n) is 6.62. The number of carbonyl (C=O) groups is 1. The van der Waals surface area contributed by atoms with Gasteiger partial charge in [0, 0.05) is 23.0 Å². The predicted molar refractivity (Wildman–Crippen MR) is 107 cm³/mol. The van der Waals surface area contributed by atoms with E-state index in [-0.39, 0.29) is 12.5 Å². The fourth-order valence-corrected chi connectivity index (χ4v) is 2.66. The standard InChI is InChI=1S/C22H23N3O2/c1-14-8-10-18(11-9-14)22-23-16(3)12-21(25-22)27-13-20(26)24-19-7-5-6-15(2)17(19)4/h5-12H,13H2,1-4H3,(H,24,26). The minimum atomic E-state index is -0.225. The number of hydrogen-bond donors (Lipinski definition) is 1. The van der Waals surface area contributed by atoms with Crippen LogP contribution in [-0.2, 0) is 4.79 Å². The van der Waals surface area contributed by atoms with Gasteiger partial charge < -0.3 is 10.1 Å². The molecule has 0 atom stereocenters. The van der Waals surface area contributed by atoms with E-state index in [1.54, 1.807) is 6.07 Å². The van der Waals surface area contributed by atoms with Gasteiger partial charge in [0.2, 0.25) is 5.88 Å². The number of amides is 1. The molecule has 1 amide bonds. The van der Waals surface area contributed by atoms with E-state index in [9.17, 15) is 4.79 Å². The van der Waals surface area contributed by atoms with Crippen LogP contribution in [0.4, 0.5) is 5.69 Å². The Labute approximate surface area is 159 Å². The van der Waals surface area contributed by atoms with Gasteiger partial charge in [0.1, 0.15) is 0 Å². The lowest BCUT2D eigenvalue weighted by atomic mass is 10.1. The first-order chi connectivity index (χ1) is 12.9. The van der Waals surface area contributed by atoms with Crippen molar-refractivity contribution >= 4 is 11.6 Å². The first-order valence-electron chi connectivity index (χ1n) is 8.84. The lowest BCUT2D eigenvalue weighted by Gasteiger charge is -2.11. The maximum absolute atomic E-state index is 12.2. The molecule has 0 unspecified atom stereocenters. The summed E-state index contributed by atoms with van der Waals surface area (Å²) >= 11 is 0. The number of rotatable bonds is 5. The van der Waals surface area contributed by atoms with Crippen molar-refractivity contribution in [1.29, 1.82) is 0 Å². The van der Waals surface area contributed by atoms with Gasteiger partial charge in [-0.2, -0.15) is 4.98 Å². The van der Waals surface area contributed by atoms with E-state index in [4.69, 9.17) is 4.74 Å². The Hall–Kier alpha value is -3.21. The van der Waals surface area contributed by atoms with E-state index in [0.717, 1.165) is 28.1 Å². The Kier molecular flexibility index (Phi) is 5.50. The molecular weight excluding hydrogens is 338 g/mol. The topological polar surface area (TPSA) is 64.1 Å². The number of ether oxygens (including phenoxy) is 1. The van der Waals surface area contributed by atoms with Crippen LogP contribution in [0, 0.1) is 27.7 Å². The summed E-state index contributed by atoms with van der Waals surface area (Å²) in [6.45, 7) is 7.79. The van der Waals surface area contributed by atoms with Crippen LogP contribution in [0.25, 0.3) is 11.4 Å². The average molecular weight is 361 g/mol. The normalized spacial score (nSPS) is 10.5. The number of hydrogen-bond acceptors (Lipinski definition) is 4. The Morgan fingerprint density at radius 2 is 1.74 bits per heavy atom. The van der Waals surface area contributed by atoms with Gasteiger partial charge in [-0.3, -0.25) is 4.79 Å². The van der Waals surface area contributed by atoms with Crippen LogP contribution in [0.1, 0.15) is 22.4 Å². The molecule has 3 rings (SSSR count). The molecule has 1 N–H and O–H groups in total. The molecule has 1 heterocycles. The van der Waals surface area contributed by atoms with Gasteiger partial charge in [-0.15, -0.1) is 0 Å². The van der Waals surface area contributed by atoms with Crippen LogP contribution in [0.3, 0.4) is 0 Å². The largest absolute Gasteiger partial charge is 0.467 e. The van der Waals surface area contributed by atoms with Crippen molar-refractivity contribution in [3.05, 3.63) is 70.9 Å². The maximum Gasteiger partial charge on any atom is 0.262 e. The highest BCUT2D eigenvalue weighted by molar-refractivity contribution is 5.92. The van der Waals surface area contributed by atoms with Crippen molar-refractivity contribution in [3.63, 3.8) is 0 Å². The molecule has 0 bridgehead atoms. The lowest BCUT2D eigenvalue weighted by molar-refractivity contribution is -0.118. The second kappa shape index (κ2) is 7.99. The predicted octanol–water partition coefficient (Wildman–Crippen LogP) is 4.39. The van der Waals surface area contributed by atoms with E-state index in [1.807, 2.05) is 70.2 Å². The Morgan fingerprint density at radius 3 is 2.48 bits per heavy atom. The van der Waals surface area contributed by atoms with E-state index < -0.39 is 0 Å². The summed E-state index contributed by atoms with van der Waals surface area (Å²) < 4.78 is 5.61. The van der Waals surface area contributed by atoms with E-state index in [0.29, 0.717) is 11.7 Å². The molecule has 0 aliphatic carbocycles. The maximum atomic E-state index is 12.2. The van der Waals surface area contributed by atoms with Gasteiger partial charge >= 0.3 is 0 Å². The highest BCUT2D eigenvalue weighted by Gasteiger charge is 2.10. The number of benzene rings is 2. The monoisotopic (exact) mass is 361 g/mol. The second-order valence-corrected chi connectivity index (χ2v) is 6.62. The Morgan fingerprint density at radius 1 is 1.00 bits per heavy atom. The van der Waals surface area contributed by atoms with Crippen LogP contribution < -0.4 is 10.1 Å². The van der Waals surface area contributed by atoms with E-state index in [1.165, 1.54) is 5.56 Å². The molecule has 0 aliphatic heterocycles. The van der Waals surface area contributed by atoms with Gasteiger partial charge in [0.15, 0.2) is 12.4 Å². The fourth-order valence-electron chi connectivity index (χ4n) is 2.66. The molecule has 2 aromatic carbocycles. The van der Waals surface area contributed by atoms with Gasteiger partial charge in [-0.05, 0) is 44.9 Å². The van der Waals surface area contributed by atoms with Crippen LogP contribution in [0.2, 0.25) is 0 Å². The van der Waals surface area contributed by atoms with Crippen LogP contribution in [0.5, 0.6) is 5.88 Å². The zero-order valence-electron chi connectivity index (χ0n) is 16.0. The minimum Gasteiger partial charge on any atom is -0.467 e. The summed E-state index contributed by atoms with van der Waals surface area (Å²) in [5, 5.41) is 2.88. The Balaban J connectivity index is 1.69. The van der Waals surface area contributed by atoms with Gasteiger partial charge in [0.05, 0.1) is 0 Å². The third kappa shape index (κ3) is 4.70. The molecule has 27 heavy (non-hydrogen) atoms. The fraction of sp³-hybridized carbons (Fsp3) is 0.227. The van der Waals surface area contributed by atoms with Crippen molar-refractivity contribution in [2.45, 2.75) is 27.7 Å². The van der Waals surface area contributed by atoms with Crippen LogP contribution >= 0.6 is 0 Å². The summed E-state index contributed by atoms with van der Waals surface area (Å²) in [6.07, 6.45) is 0. The van der Waals surface area contributed by atoms with E-state index >= 15 is 0 Å². The molecular formula is C22H23N3O2. The van der Waals surface area contributed by atoms with Crippen molar-refractivity contribution in [2.24, 2.45) is 0 Å². The number of carbonyl (C=O) groups excluding carboxylic acids is 1. The van der Waals surface area contributed by atoms with Crippen molar-refractivity contribution in [2.75, 3.05) is 11.9 Å². The molecule has 5 nitrogen and oxygen atoms in total. The number of aryl methyl sites for hydroxylation is 3. The molecule has 138 valence electrons. The third-order valence-corrected chi connectivity index (χ3v) is 4.37. The number of nitrogens with one attached hydrogen (secondary N) is 1. The smallest absolute Gasteiger partial charge is 0.262 e. The molecule has 3 aromatic rings. The Bertz CT molecular complexity index is 966. The number of nitrogens with zero attached hydrogens (tertiary/aromatic N) is 2. The van der Waals surface area contributed by atoms with Crippen molar-refractivity contribution in [3.8, 4) is 17.3 Å². The molecule has 5 heteroatoms. The molecule has 0 saturated heterocycles. The average Bonchev–Trinajstić information content (AvgIpc) is 2.64. The highest BCUT2D eigenvalue weighted by Crippen LogP contribution is 2.20. The van der Waals surface area contributed by atoms with Gasteiger partial charge in [0.25, 0.3) is 5.91 Å². The molecule has 0 radical (unpaired) electrons. The number of anilines is 1. The van der Waals surface area contributed by atoms with Gasteiger partial charge in [-0.1, -0.05) is 42.0 Å². The molecule has 0 saturated carbocycles. The van der Waals surface area contributed by atoms with Crippen LogP contribution in [0.15, 0.2) is 48.5 Å². The minimum absolute atomic E-state index is 0.114. The zero-order valence-corrected chi connectivity index (χ0v) is 16.0. The lowest BCUT2D eigenvalue weighted by Crippen LogP contribution is -2.21. The summed E-state index contributed by atoms with van der Waals surface area (Å²) in [6, 6.07) is 15.5. The van der Waals surface area contributed by atoms with Crippen LogP contribution in [-0.4, -0.2) is 22.5 Å². The van der Waals surface area contributed by atoms with Gasteiger partial charge in [-0.25, -0.2) is 4.98 Å². The summed E-state index contributed by atoms with van der Waals surface area (Å²) in [7, 11) is 0. The van der Waals surface area contributed by atoms with Crippen molar-refractivity contribution in [1.82, 2.24) is 9.97 Å². The molecule has 0 aliphatic rings.